The van der Waals surface area contributed by atoms with Crippen molar-refractivity contribution in [2.24, 2.45) is 0 Å². The van der Waals surface area contributed by atoms with E-state index in [1.54, 1.807) is 0 Å². The Bertz CT molecular complexity index is 654. The molecule has 0 bridgehead atoms. The van der Waals surface area contributed by atoms with Crippen LogP contribution in [0.2, 0.25) is 0 Å². The maximum Gasteiger partial charge on any atom is 0.0556 e. The van der Waals surface area contributed by atoms with Gasteiger partial charge in [0.1, 0.15) is 0 Å². The monoisotopic (exact) mass is 252 g/mol. The van der Waals surface area contributed by atoms with E-state index in [1.807, 2.05) is 0 Å². The minimum absolute atomic E-state index is 0.344. The van der Waals surface area contributed by atoms with Gasteiger partial charge in [-0.3, -0.25) is 4.90 Å². The first-order valence-electron chi connectivity index (χ1n) is 6.67. The van der Waals surface area contributed by atoms with Crippen molar-refractivity contribution >= 4 is 22.5 Å². The maximum atomic E-state index is 2.30. The number of hydrogen-bond acceptors (Lipinski definition) is 2. The minimum atomic E-state index is 0.344. The van der Waals surface area contributed by atoms with Crippen molar-refractivity contribution in [3.8, 4) is 0 Å². The highest BCUT2D eigenvalue weighted by molar-refractivity contribution is 5.99. The summed E-state index contributed by atoms with van der Waals surface area (Å²) in [6.45, 7) is 0. The van der Waals surface area contributed by atoms with Gasteiger partial charge in [0.05, 0.1) is 6.04 Å². The van der Waals surface area contributed by atoms with Gasteiger partial charge in [0, 0.05) is 25.3 Å². The van der Waals surface area contributed by atoms with Crippen LogP contribution in [0.5, 0.6) is 0 Å². The third-order valence-corrected chi connectivity index (χ3v) is 3.89. The molecule has 98 valence electrons. The van der Waals surface area contributed by atoms with E-state index in [0.29, 0.717) is 6.04 Å². The summed E-state index contributed by atoms with van der Waals surface area (Å²) in [5.41, 5.74) is 4.06. The molecule has 3 rings (SSSR count). The average Bonchev–Trinajstić information content (AvgIpc) is 2.39. The molecule has 0 heterocycles. The van der Waals surface area contributed by atoms with Crippen LogP contribution in [0.3, 0.4) is 0 Å². The Balaban J connectivity index is 2.40. The van der Waals surface area contributed by atoms with Gasteiger partial charge in [0.25, 0.3) is 0 Å². The first-order chi connectivity index (χ1) is 9.09. The normalized spacial score (nSPS) is 17.2. The zero-order valence-electron chi connectivity index (χ0n) is 12.0. The van der Waals surface area contributed by atoms with Crippen LogP contribution in [0.25, 0.3) is 16.8 Å². The van der Waals surface area contributed by atoms with Gasteiger partial charge >= 0.3 is 0 Å². The molecule has 1 aliphatic rings. The molecule has 19 heavy (non-hydrogen) atoms. The summed E-state index contributed by atoms with van der Waals surface area (Å²) in [5, 5.41) is 2.73. The third-order valence-electron chi connectivity index (χ3n) is 3.89. The van der Waals surface area contributed by atoms with E-state index in [9.17, 15) is 0 Å². The Labute approximate surface area is 114 Å². The molecular formula is C17H20N2. The first-order valence-corrected chi connectivity index (χ1v) is 6.67. The molecular weight excluding hydrogens is 232 g/mol. The number of anilines is 1. The number of rotatable bonds is 2. The molecule has 0 aromatic heterocycles. The quantitative estimate of drug-likeness (QED) is 0.806. The molecule has 1 aliphatic carbocycles. The van der Waals surface area contributed by atoms with E-state index in [2.05, 4.69) is 80.5 Å². The molecule has 2 aromatic carbocycles. The van der Waals surface area contributed by atoms with Crippen molar-refractivity contribution in [2.75, 3.05) is 33.1 Å². The molecule has 0 amide bonds. The van der Waals surface area contributed by atoms with Crippen molar-refractivity contribution in [2.45, 2.75) is 6.04 Å². The number of likely N-dealkylation sites (N-methyl/N-ethyl adjacent to an activating group) is 1. The van der Waals surface area contributed by atoms with Crippen LogP contribution in [0.1, 0.15) is 17.2 Å². The van der Waals surface area contributed by atoms with E-state index in [-0.39, 0.29) is 0 Å². The molecule has 0 radical (unpaired) electrons. The predicted molar refractivity (Wildman–Crippen MR) is 83.7 cm³/mol. The van der Waals surface area contributed by atoms with Crippen LogP contribution in [0, 0.1) is 0 Å². The fourth-order valence-electron chi connectivity index (χ4n) is 2.97. The zero-order chi connectivity index (χ0) is 13.6. The maximum absolute atomic E-state index is 2.30. The van der Waals surface area contributed by atoms with Gasteiger partial charge in [0.2, 0.25) is 0 Å². The Morgan fingerprint density at radius 3 is 2.42 bits per heavy atom. The molecule has 2 heteroatoms. The molecule has 1 atom stereocenters. The van der Waals surface area contributed by atoms with E-state index in [0.717, 1.165) is 0 Å². The smallest absolute Gasteiger partial charge is 0.0556 e. The largest absolute Gasteiger partial charge is 0.377 e. The Morgan fingerprint density at radius 1 is 0.947 bits per heavy atom. The van der Waals surface area contributed by atoms with E-state index in [1.165, 1.54) is 27.6 Å². The highest BCUT2D eigenvalue weighted by Crippen LogP contribution is 2.40. The predicted octanol–water partition coefficient (Wildman–Crippen LogP) is 3.54. The Morgan fingerprint density at radius 2 is 1.74 bits per heavy atom. The van der Waals surface area contributed by atoms with Crippen molar-refractivity contribution in [1.82, 2.24) is 4.90 Å². The van der Waals surface area contributed by atoms with Crippen LogP contribution < -0.4 is 4.90 Å². The van der Waals surface area contributed by atoms with Crippen LogP contribution in [0.15, 0.2) is 36.4 Å². The summed E-state index contributed by atoms with van der Waals surface area (Å²) in [4.78, 5) is 4.48. The van der Waals surface area contributed by atoms with Gasteiger partial charge < -0.3 is 4.90 Å². The SMILES string of the molecule is CN(C)c1ccc2cccc3c2c1C(N(C)C)C=C3. The second-order valence-electron chi connectivity index (χ2n) is 5.61. The lowest BCUT2D eigenvalue weighted by Crippen LogP contribution is -2.23. The molecule has 2 nitrogen and oxygen atoms in total. The van der Waals surface area contributed by atoms with Crippen molar-refractivity contribution in [1.29, 1.82) is 0 Å². The van der Waals surface area contributed by atoms with Gasteiger partial charge in [-0.05, 0) is 36.5 Å². The van der Waals surface area contributed by atoms with Crippen molar-refractivity contribution in [3.05, 3.63) is 47.5 Å². The number of benzene rings is 2. The molecule has 0 saturated carbocycles. The molecule has 1 unspecified atom stereocenters. The summed E-state index contributed by atoms with van der Waals surface area (Å²) < 4.78 is 0. The lowest BCUT2D eigenvalue weighted by Gasteiger charge is -2.31. The van der Waals surface area contributed by atoms with E-state index < -0.39 is 0 Å². The first kappa shape index (κ1) is 12.2. The van der Waals surface area contributed by atoms with Gasteiger partial charge in [-0.1, -0.05) is 36.4 Å². The lowest BCUT2D eigenvalue weighted by molar-refractivity contribution is 0.353. The van der Waals surface area contributed by atoms with Gasteiger partial charge in [-0.25, -0.2) is 0 Å². The minimum Gasteiger partial charge on any atom is -0.377 e. The second kappa shape index (κ2) is 4.39. The summed E-state index contributed by atoms with van der Waals surface area (Å²) in [6.07, 6.45) is 4.55. The zero-order valence-corrected chi connectivity index (χ0v) is 12.0. The summed E-state index contributed by atoms with van der Waals surface area (Å²) in [7, 11) is 8.51. The Hall–Kier alpha value is -1.80. The Kier molecular flexibility index (Phi) is 2.83. The summed E-state index contributed by atoms with van der Waals surface area (Å²) in [6, 6.07) is 11.3. The molecule has 0 saturated heterocycles. The molecule has 0 N–H and O–H groups in total. The third kappa shape index (κ3) is 1.83. The fraction of sp³-hybridized carbons (Fsp3) is 0.294. The second-order valence-corrected chi connectivity index (χ2v) is 5.61. The number of hydrogen-bond donors (Lipinski definition) is 0. The summed E-state index contributed by atoms with van der Waals surface area (Å²) >= 11 is 0. The summed E-state index contributed by atoms with van der Waals surface area (Å²) in [5.74, 6) is 0. The highest BCUT2D eigenvalue weighted by Gasteiger charge is 2.23. The van der Waals surface area contributed by atoms with Crippen LogP contribution >= 0.6 is 0 Å². The topological polar surface area (TPSA) is 6.48 Å². The molecule has 0 spiro atoms. The fourth-order valence-corrected chi connectivity index (χ4v) is 2.97. The van der Waals surface area contributed by atoms with Crippen molar-refractivity contribution in [3.63, 3.8) is 0 Å². The van der Waals surface area contributed by atoms with Crippen molar-refractivity contribution < 1.29 is 0 Å². The lowest BCUT2D eigenvalue weighted by atomic mass is 9.88. The van der Waals surface area contributed by atoms with Crippen LogP contribution in [-0.4, -0.2) is 33.1 Å². The van der Waals surface area contributed by atoms with Crippen LogP contribution in [-0.2, 0) is 0 Å². The van der Waals surface area contributed by atoms with Gasteiger partial charge in [-0.15, -0.1) is 0 Å². The van der Waals surface area contributed by atoms with Crippen LogP contribution in [0.4, 0.5) is 5.69 Å². The molecule has 0 aliphatic heterocycles. The number of nitrogens with zero attached hydrogens (tertiary/aromatic N) is 2. The van der Waals surface area contributed by atoms with Gasteiger partial charge in [0.15, 0.2) is 0 Å². The molecule has 0 fully saturated rings. The molecule has 2 aromatic rings. The highest BCUT2D eigenvalue weighted by atomic mass is 15.1. The average molecular weight is 252 g/mol. The standard InChI is InChI=1S/C17H20N2/c1-18(2)14-10-8-12-6-5-7-13-9-11-15(19(3)4)17(14)16(12)13/h5-11,14H,1-4H3. The van der Waals surface area contributed by atoms with E-state index >= 15 is 0 Å². The van der Waals surface area contributed by atoms with Gasteiger partial charge in [-0.2, -0.15) is 0 Å². The van der Waals surface area contributed by atoms with E-state index in [4.69, 9.17) is 0 Å².